The summed E-state index contributed by atoms with van der Waals surface area (Å²) in [4.78, 5) is 0. The molecule has 8 heteroatoms. The van der Waals surface area contributed by atoms with Gasteiger partial charge >= 0.3 is 0 Å². The number of halogens is 1. The molecule has 2 fully saturated rings. The molecule has 7 nitrogen and oxygen atoms in total. The second kappa shape index (κ2) is 11.3. The minimum absolute atomic E-state index is 0.189. The third-order valence-electron chi connectivity index (χ3n) is 8.53. The number of fused-ring (bicyclic) bond motifs is 1. The van der Waals surface area contributed by atoms with Crippen LogP contribution in [0, 0.1) is 11.7 Å². The Morgan fingerprint density at radius 1 is 1.03 bits per heavy atom. The molecule has 36 heavy (non-hydrogen) atoms. The van der Waals surface area contributed by atoms with E-state index in [2.05, 4.69) is 53.6 Å². The minimum Gasteiger partial charge on any atom is -0.486 e. The first-order valence-electron chi connectivity index (χ1n) is 14.0. The third kappa shape index (κ3) is 5.37. The summed E-state index contributed by atoms with van der Waals surface area (Å²) >= 11 is 0. The molecule has 1 saturated carbocycles. The maximum absolute atomic E-state index is 16.3. The van der Waals surface area contributed by atoms with Crippen LogP contribution < -0.4 is 36.1 Å². The van der Waals surface area contributed by atoms with Crippen molar-refractivity contribution >= 4 is 11.3 Å². The lowest BCUT2D eigenvalue weighted by Crippen LogP contribution is -2.73. The Morgan fingerprint density at radius 2 is 1.81 bits per heavy atom. The first-order valence-corrected chi connectivity index (χ1v) is 14.0. The number of benzene rings is 1. The second-order valence-electron chi connectivity index (χ2n) is 11.1. The lowest BCUT2D eigenvalue weighted by molar-refractivity contribution is 0.0718. The quantitative estimate of drug-likeness (QED) is 0.385. The van der Waals surface area contributed by atoms with Crippen molar-refractivity contribution in [2.24, 2.45) is 5.92 Å². The summed E-state index contributed by atoms with van der Waals surface area (Å²) in [5, 5.41) is 18.0. The summed E-state index contributed by atoms with van der Waals surface area (Å²) in [5.41, 5.74) is 1.77. The topological polar surface area (TPSA) is 78.6 Å². The van der Waals surface area contributed by atoms with E-state index in [0.717, 1.165) is 31.4 Å². The largest absolute Gasteiger partial charge is 0.486 e. The van der Waals surface area contributed by atoms with Crippen LogP contribution in [-0.2, 0) is 0 Å². The van der Waals surface area contributed by atoms with Gasteiger partial charge in [0.25, 0.3) is 0 Å². The average molecular weight is 502 g/mol. The number of hydrogen-bond donors (Lipinski definition) is 5. The van der Waals surface area contributed by atoms with Crippen LogP contribution in [0.1, 0.15) is 77.2 Å². The molecule has 5 rings (SSSR count). The first kappa shape index (κ1) is 25.8. The molecule has 1 aromatic carbocycles. The van der Waals surface area contributed by atoms with Gasteiger partial charge < -0.3 is 25.4 Å². The van der Waals surface area contributed by atoms with Gasteiger partial charge in [-0.25, -0.2) is 4.39 Å². The Balaban J connectivity index is 1.44. The van der Waals surface area contributed by atoms with Crippen molar-refractivity contribution in [2.45, 2.75) is 95.7 Å². The highest BCUT2D eigenvalue weighted by molar-refractivity contribution is 5.78. The number of hydrogen-bond acceptors (Lipinski definition) is 7. The van der Waals surface area contributed by atoms with Crippen molar-refractivity contribution in [1.82, 2.24) is 21.3 Å². The molecule has 0 bridgehead atoms. The molecular weight excluding hydrogens is 457 g/mol. The zero-order valence-corrected chi connectivity index (χ0v) is 22.1. The summed E-state index contributed by atoms with van der Waals surface area (Å²) in [7, 11) is 2.06. The molecule has 3 unspecified atom stereocenters. The van der Waals surface area contributed by atoms with Gasteiger partial charge in [-0.15, -0.1) is 0 Å². The van der Waals surface area contributed by atoms with Crippen LogP contribution in [0.25, 0.3) is 5.57 Å². The number of ether oxygens (including phenoxy) is 2. The first-order chi connectivity index (χ1) is 17.5. The summed E-state index contributed by atoms with van der Waals surface area (Å²) in [6.45, 7) is 6.01. The Labute approximate surface area is 215 Å². The van der Waals surface area contributed by atoms with Crippen molar-refractivity contribution in [3.05, 3.63) is 23.5 Å². The summed E-state index contributed by atoms with van der Waals surface area (Å²) < 4.78 is 28.2. The molecule has 1 aliphatic carbocycles. The molecule has 4 aliphatic rings. The van der Waals surface area contributed by atoms with E-state index < -0.39 is 0 Å². The highest BCUT2D eigenvalue weighted by Crippen LogP contribution is 2.44. The van der Waals surface area contributed by atoms with E-state index >= 15 is 4.39 Å². The highest BCUT2D eigenvalue weighted by Gasteiger charge is 2.43. The zero-order valence-electron chi connectivity index (χ0n) is 22.1. The lowest BCUT2D eigenvalue weighted by atomic mass is 9.80. The Morgan fingerprint density at radius 3 is 2.58 bits per heavy atom. The van der Waals surface area contributed by atoms with Crippen molar-refractivity contribution in [3.63, 3.8) is 0 Å². The van der Waals surface area contributed by atoms with Gasteiger partial charge in [-0.1, -0.05) is 31.8 Å². The lowest BCUT2D eigenvalue weighted by Gasteiger charge is -2.50. The molecule has 0 radical (unpaired) electrons. The van der Waals surface area contributed by atoms with Crippen molar-refractivity contribution in [3.8, 4) is 11.5 Å². The second-order valence-corrected chi connectivity index (χ2v) is 11.1. The molecule has 200 valence electrons. The van der Waals surface area contributed by atoms with Crippen LogP contribution in [0.15, 0.2) is 12.1 Å². The standard InChI is InChI=1S/C28H44FN5O2/c1-18-10-11-20(12-13-31-18)24-25(29)22(16-23-26(24)36-15-14-35-23)33-27-32-19(2)17-28(30-3,34-27)21-8-6-4-5-7-9-21/h12,16,18-19,21,27,30-34H,4-11,13-15,17H2,1-3H3/t18-,19?,27?,28?/m0/s1. The van der Waals surface area contributed by atoms with Gasteiger partial charge in [0.15, 0.2) is 17.3 Å². The number of rotatable bonds is 5. The molecule has 3 aliphatic heterocycles. The molecule has 1 saturated heterocycles. The van der Waals surface area contributed by atoms with E-state index in [1.54, 1.807) is 6.07 Å². The van der Waals surface area contributed by atoms with Crippen LogP contribution in [0.2, 0.25) is 0 Å². The van der Waals surface area contributed by atoms with Crippen LogP contribution in [0.4, 0.5) is 10.1 Å². The van der Waals surface area contributed by atoms with E-state index in [9.17, 15) is 0 Å². The van der Waals surface area contributed by atoms with Gasteiger partial charge in [0, 0.05) is 24.7 Å². The van der Waals surface area contributed by atoms with Crippen LogP contribution in [0.3, 0.4) is 0 Å². The van der Waals surface area contributed by atoms with E-state index in [0.29, 0.717) is 47.9 Å². The van der Waals surface area contributed by atoms with Gasteiger partial charge in [0.1, 0.15) is 19.5 Å². The fourth-order valence-electron chi connectivity index (χ4n) is 6.59. The molecule has 5 N–H and O–H groups in total. The van der Waals surface area contributed by atoms with Gasteiger partial charge in [-0.05, 0) is 64.5 Å². The maximum Gasteiger partial charge on any atom is 0.171 e. The summed E-state index contributed by atoms with van der Waals surface area (Å²) in [6.07, 6.45) is 12.2. The Kier molecular flexibility index (Phi) is 8.05. The highest BCUT2D eigenvalue weighted by atomic mass is 19.1. The Bertz CT molecular complexity index is 948. The normalized spacial score (nSPS) is 31.8. The summed E-state index contributed by atoms with van der Waals surface area (Å²) in [6, 6.07) is 2.43. The minimum atomic E-state index is -0.279. The molecule has 0 amide bonds. The molecule has 1 aromatic rings. The predicted molar refractivity (Wildman–Crippen MR) is 143 cm³/mol. The van der Waals surface area contributed by atoms with Gasteiger partial charge in [0.05, 0.1) is 16.9 Å². The van der Waals surface area contributed by atoms with Gasteiger partial charge in [0.2, 0.25) is 0 Å². The number of nitrogens with one attached hydrogen (secondary N) is 5. The molecule has 0 spiro atoms. The number of anilines is 1. The van der Waals surface area contributed by atoms with Gasteiger partial charge in [-0.2, -0.15) is 0 Å². The van der Waals surface area contributed by atoms with Crippen LogP contribution >= 0.6 is 0 Å². The molecule has 4 atom stereocenters. The molecular formula is C28H44FN5O2. The van der Waals surface area contributed by atoms with Crippen molar-refractivity contribution in [1.29, 1.82) is 0 Å². The fourth-order valence-corrected chi connectivity index (χ4v) is 6.59. The fraction of sp³-hybridized carbons (Fsp3) is 0.714. The molecule has 0 aromatic heterocycles. The average Bonchev–Trinajstić information content (AvgIpc) is 3.28. The van der Waals surface area contributed by atoms with E-state index in [1.807, 2.05) is 0 Å². The molecule has 3 heterocycles. The number of allylic oxidation sites excluding steroid dienone is 1. The van der Waals surface area contributed by atoms with E-state index in [4.69, 9.17) is 9.47 Å². The third-order valence-corrected chi connectivity index (χ3v) is 8.53. The smallest absolute Gasteiger partial charge is 0.171 e. The SMILES string of the molecule is CNC1(C2CCCCCC2)CC(C)NC(Nc2cc3c(c(C4=CCN[C@@H](C)CC4)c2F)OCCO3)N1. The zero-order chi connectivity index (χ0) is 25.1. The van der Waals surface area contributed by atoms with Gasteiger partial charge in [-0.3, -0.25) is 10.6 Å². The van der Waals surface area contributed by atoms with E-state index in [1.165, 1.54) is 38.5 Å². The predicted octanol–water partition coefficient (Wildman–Crippen LogP) is 4.31. The van der Waals surface area contributed by atoms with Crippen LogP contribution in [0.5, 0.6) is 11.5 Å². The Hall–Kier alpha value is -1.87. The van der Waals surface area contributed by atoms with Crippen molar-refractivity contribution in [2.75, 3.05) is 32.1 Å². The summed E-state index contributed by atoms with van der Waals surface area (Å²) in [5.74, 6) is 1.42. The van der Waals surface area contributed by atoms with Crippen LogP contribution in [-0.4, -0.2) is 50.8 Å². The van der Waals surface area contributed by atoms with Crippen molar-refractivity contribution < 1.29 is 13.9 Å². The van der Waals surface area contributed by atoms with E-state index in [-0.39, 0.29) is 23.8 Å². The monoisotopic (exact) mass is 501 g/mol. The maximum atomic E-state index is 16.3.